The molecule has 18 heavy (non-hydrogen) atoms. The molecule has 0 atom stereocenters. The van der Waals surface area contributed by atoms with Crippen molar-refractivity contribution in [3.8, 4) is 5.75 Å². The molecule has 1 aromatic carbocycles. The summed E-state index contributed by atoms with van der Waals surface area (Å²) in [6.07, 6.45) is 0. The number of hydrogen-bond acceptors (Lipinski definition) is 5. The fourth-order valence-corrected chi connectivity index (χ4v) is 2.21. The van der Waals surface area contributed by atoms with Crippen LogP contribution < -0.4 is 15.4 Å². The monoisotopic (exact) mass is 294 g/mol. The Hall–Kier alpha value is -1.35. The Labute approximate surface area is 109 Å². The summed E-state index contributed by atoms with van der Waals surface area (Å²) in [6, 6.07) is 3.97. The lowest BCUT2D eigenvalue weighted by Crippen LogP contribution is -2.29. The second kappa shape index (κ2) is 6.01. The first-order valence-electron chi connectivity index (χ1n) is 4.62. The van der Waals surface area contributed by atoms with Gasteiger partial charge in [-0.1, -0.05) is 16.5 Å². The highest BCUT2D eigenvalue weighted by molar-refractivity contribution is 7.89. The van der Waals surface area contributed by atoms with Crippen molar-refractivity contribution in [3.05, 3.63) is 23.2 Å². The van der Waals surface area contributed by atoms with Gasteiger partial charge in [-0.25, -0.2) is 8.42 Å². The van der Waals surface area contributed by atoms with Crippen LogP contribution in [0.2, 0.25) is 5.02 Å². The third-order valence-electron chi connectivity index (χ3n) is 1.80. The summed E-state index contributed by atoms with van der Waals surface area (Å²) in [5, 5.41) is 0.323. The fraction of sp³-hybridized carbons (Fsp3) is 0.222. The molecule has 0 heterocycles. The fourth-order valence-electron chi connectivity index (χ4n) is 1.09. The molecule has 100 valence electrons. The molecule has 3 N–H and O–H groups in total. The Morgan fingerprint density at radius 3 is 2.72 bits per heavy atom. The van der Waals surface area contributed by atoms with Crippen molar-refractivity contribution in [2.75, 3.05) is 13.7 Å². The first-order chi connectivity index (χ1) is 8.36. The Balaban J connectivity index is 2.94. The molecule has 1 amide bonds. The summed E-state index contributed by atoms with van der Waals surface area (Å²) < 4.78 is 28.5. The molecule has 0 saturated heterocycles. The molecule has 0 unspecified atom stereocenters. The molecule has 7 nitrogen and oxygen atoms in total. The van der Waals surface area contributed by atoms with Crippen LogP contribution >= 0.6 is 11.6 Å². The van der Waals surface area contributed by atoms with Gasteiger partial charge < -0.3 is 10.5 Å². The predicted octanol–water partition coefficient (Wildman–Crippen LogP) is 0.0438. The number of sulfonamides is 1. The van der Waals surface area contributed by atoms with Crippen LogP contribution in [-0.2, 0) is 19.7 Å². The molecule has 9 heteroatoms. The second-order valence-electron chi connectivity index (χ2n) is 3.14. The highest BCUT2D eigenvalue weighted by Gasteiger charge is 2.20. The van der Waals surface area contributed by atoms with E-state index in [0.717, 1.165) is 0 Å². The summed E-state index contributed by atoms with van der Waals surface area (Å²) >= 11 is 5.70. The van der Waals surface area contributed by atoms with Crippen molar-refractivity contribution in [1.29, 1.82) is 0 Å². The minimum Gasteiger partial charge on any atom is -0.495 e. The first kappa shape index (κ1) is 14.7. The number of benzene rings is 1. The van der Waals surface area contributed by atoms with Crippen LogP contribution in [0.3, 0.4) is 0 Å². The van der Waals surface area contributed by atoms with Crippen LogP contribution in [0.4, 0.5) is 0 Å². The molecular formula is C9H11ClN2O5S. The van der Waals surface area contributed by atoms with Crippen molar-refractivity contribution in [2.24, 2.45) is 5.73 Å². The number of ether oxygens (including phenoxy) is 1. The number of amides is 1. The van der Waals surface area contributed by atoms with E-state index in [2.05, 4.69) is 4.84 Å². The number of hydrogen-bond donors (Lipinski definition) is 2. The molecule has 0 aromatic heterocycles. The molecule has 0 aliphatic heterocycles. The molecule has 0 fully saturated rings. The second-order valence-corrected chi connectivity index (χ2v) is 5.19. The molecule has 0 bridgehead atoms. The predicted molar refractivity (Wildman–Crippen MR) is 63.5 cm³/mol. The van der Waals surface area contributed by atoms with Gasteiger partial charge in [-0.3, -0.25) is 9.63 Å². The van der Waals surface area contributed by atoms with Crippen LogP contribution in [0, 0.1) is 0 Å². The van der Waals surface area contributed by atoms with Gasteiger partial charge in [0, 0.05) is 11.1 Å². The zero-order chi connectivity index (χ0) is 13.8. The molecule has 0 aliphatic rings. The SMILES string of the molecule is COc1cc(Cl)ccc1S(=O)(=O)NOCC(N)=O. The Morgan fingerprint density at radius 1 is 1.50 bits per heavy atom. The Bertz CT molecular complexity index is 546. The van der Waals surface area contributed by atoms with E-state index < -0.39 is 22.5 Å². The van der Waals surface area contributed by atoms with E-state index >= 15 is 0 Å². The third kappa shape index (κ3) is 3.84. The van der Waals surface area contributed by atoms with Crippen LogP contribution in [0.25, 0.3) is 0 Å². The van der Waals surface area contributed by atoms with E-state index in [1.807, 2.05) is 0 Å². The average molecular weight is 295 g/mol. The Kier molecular flexibility index (Phi) is 4.91. The minimum absolute atomic E-state index is 0.0534. The van der Waals surface area contributed by atoms with Gasteiger partial charge in [-0.05, 0) is 12.1 Å². The van der Waals surface area contributed by atoms with Crippen molar-refractivity contribution >= 4 is 27.5 Å². The number of rotatable bonds is 6. The first-order valence-corrected chi connectivity index (χ1v) is 6.48. The number of carbonyl (C=O) groups is 1. The highest BCUT2D eigenvalue weighted by Crippen LogP contribution is 2.26. The zero-order valence-electron chi connectivity index (χ0n) is 9.34. The lowest BCUT2D eigenvalue weighted by atomic mass is 10.3. The number of carbonyl (C=O) groups excluding carboxylic acids is 1. The van der Waals surface area contributed by atoms with E-state index in [1.165, 1.54) is 25.3 Å². The average Bonchev–Trinajstić information content (AvgIpc) is 2.27. The van der Waals surface area contributed by atoms with Crippen molar-refractivity contribution in [1.82, 2.24) is 4.89 Å². The van der Waals surface area contributed by atoms with Gasteiger partial charge in [0.2, 0.25) is 5.91 Å². The van der Waals surface area contributed by atoms with Gasteiger partial charge in [0.15, 0.2) is 0 Å². The van der Waals surface area contributed by atoms with Gasteiger partial charge in [-0.2, -0.15) is 0 Å². The van der Waals surface area contributed by atoms with E-state index in [-0.39, 0.29) is 10.6 Å². The smallest absolute Gasteiger partial charge is 0.266 e. The van der Waals surface area contributed by atoms with Gasteiger partial charge in [-0.15, -0.1) is 0 Å². The number of methoxy groups -OCH3 is 1. The number of nitrogens with two attached hydrogens (primary N) is 1. The summed E-state index contributed by atoms with van der Waals surface area (Å²) in [4.78, 5) is 16.4. The summed E-state index contributed by atoms with van der Waals surface area (Å²) in [6.45, 7) is -0.574. The summed E-state index contributed by atoms with van der Waals surface area (Å²) in [5.41, 5.74) is 4.80. The molecule has 1 rings (SSSR count). The van der Waals surface area contributed by atoms with E-state index in [9.17, 15) is 13.2 Å². The standard InChI is InChI=1S/C9H11ClN2O5S/c1-16-7-4-6(10)2-3-8(7)18(14,15)12-17-5-9(11)13/h2-4,12H,5H2,1H3,(H2,11,13). The van der Waals surface area contributed by atoms with Gasteiger partial charge in [0.1, 0.15) is 17.3 Å². The zero-order valence-corrected chi connectivity index (χ0v) is 10.9. The lowest BCUT2D eigenvalue weighted by molar-refractivity contribution is -0.123. The normalized spacial score (nSPS) is 11.2. The number of nitrogens with one attached hydrogen (secondary N) is 1. The van der Waals surface area contributed by atoms with Crippen LogP contribution in [0.5, 0.6) is 5.75 Å². The quantitative estimate of drug-likeness (QED) is 0.720. The van der Waals surface area contributed by atoms with Gasteiger partial charge >= 0.3 is 0 Å². The molecule has 1 aromatic rings. The minimum atomic E-state index is -3.98. The van der Waals surface area contributed by atoms with Crippen LogP contribution in [0.15, 0.2) is 23.1 Å². The van der Waals surface area contributed by atoms with Crippen LogP contribution in [-0.4, -0.2) is 28.0 Å². The molecule has 0 aliphatic carbocycles. The third-order valence-corrected chi connectivity index (χ3v) is 3.29. The van der Waals surface area contributed by atoms with Gasteiger partial charge in [0.25, 0.3) is 10.0 Å². The van der Waals surface area contributed by atoms with E-state index in [1.54, 1.807) is 4.89 Å². The molecular weight excluding hydrogens is 284 g/mol. The number of primary amides is 1. The maximum atomic E-state index is 11.8. The maximum Gasteiger partial charge on any atom is 0.266 e. The van der Waals surface area contributed by atoms with Gasteiger partial charge in [0.05, 0.1) is 7.11 Å². The highest BCUT2D eigenvalue weighted by atomic mass is 35.5. The van der Waals surface area contributed by atoms with E-state index in [0.29, 0.717) is 5.02 Å². The van der Waals surface area contributed by atoms with Crippen molar-refractivity contribution in [2.45, 2.75) is 4.90 Å². The molecule has 0 spiro atoms. The summed E-state index contributed by atoms with van der Waals surface area (Å²) in [7, 11) is -2.68. The largest absolute Gasteiger partial charge is 0.495 e. The number of halogens is 1. The molecule has 0 radical (unpaired) electrons. The molecule has 0 saturated carbocycles. The topological polar surface area (TPSA) is 108 Å². The maximum absolute atomic E-state index is 11.8. The van der Waals surface area contributed by atoms with E-state index in [4.69, 9.17) is 22.1 Å². The summed E-state index contributed by atoms with van der Waals surface area (Å²) in [5.74, 6) is -0.751. The van der Waals surface area contributed by atoms with Crippen molar-refractivity contribution in [3.63, 3.8) is 0 Å². The van der Waals surface area contributed by atoms with Crippen molar-refractivity contribution < 1.29 is 22.8 Å². The Morgan fingerprint density at radius 2 is 2.17 bits per heavy atom. The van der Waals surface area contributed by atoms with Crippen LogP contribution in [0.1, 0.15) is 0 Å². The lowest BCUT2D eigenvalue weighted by Gasteiger charge is -2.10.